The number of hydrogen-bond donors (Lipinski definition) is 3. The molecule has 4 N–H and O–H groups in total. The minimum Gasteiger partial charge on any atom is -0.480 e. The molecule has 2 heterocycles. The molecule has 1 aliphatic carbocycles. The molecule has 1 saturated carbocycles. The molecule has 1 unspecified atom stereocenters. The van der Waals surface area contributed by atoms with E-state index in [1.165, 1.54) is 0 Å². The zero-order chi connectivity index (χ0) is 12.0. The van der Waals surface area contributed by atoms with Crippen LogP contribution in [0.25, 0.3) is 11.0 Å². The van der Waals surface area contributed by atoms with E-state index < -0.39 is 17.4 Å². The highest BCUT2D eigenvalue weighted by Gasteiger charge is 2.53. The van der Waals surface area contributed by atoms with Crippen molar-refractivity contribution in [3.63, 3.8) is 0 Å². The van der Waals surface area contributed by atoms with Gasteiger partial charge in [-0.1, -0.05) is 0 Å². The van der Waals surface area contributed by atoms with Gasteiger partial charge in [-0.25, -0.2) is 4.98 Å². The maximum atomic E-state index is 11.1. The summed E-state index contributed by atoms with van der Waals surface area (Å²) in [5, 5.41) is 10.1. The largest absolute Gasteiger partial charge is 0.480 e. The van der Waals surface area contributed by atoms with Crippen LogP contribution in [0.3, 0.4) is 0 Å². The Hall–Kier alpha value is -1.88. The average Bonchev–Trinajstić information content (AvgIpc) is 3.02. The highest BCUT2D eigenvalue weighted by atomic mass is 16.4. The summed E-state index contributed by atoms with van der Waals surface area (Å²) in [6.07, 6.45) is 5.19. The molecule has 1 fully saturated rings. The van der Waals surface area contributed by atoms with Crippen LogP contribution in [0.15, 0.2) is 24.5 Å². The Labute approximate surface area is 97.7 Å². The first-order valence-corrected chi connectivity index (χ1v) is 5.56. The van der Waals surface area contributed by atoms with Crippen LogP contribution in [0, 0.1) is 0 Å². The first-order chi connectivity index (χ1) is 8.15. The molecule has 5 nitrogen and oxygen atoms in total. The van der Waals surface area contributed by atoms with Gasteiger partial charge in [0.1, 0.15) is 11.7 Å². The smallest absolute Gasteiger partial charge is 0.321 e. The monoisotopic (exact) mass is 231 g/mol. The number of aromatic amines is 1. The first kappa shape index (κ1) is 10.3. The van der Waals surface area contributed by atoms with Gasteiger partial charge in [-0.2, -0.15) is 0 Å². The van der Waals surface area contributed by atoms with Crippen LogP contribution in [0.5, 0.6) is 0 Å². The molecule has 2 aromatic rings. The topological polar surface area (TPSA) is 92.0 Å². The molecule has 2 aromatic heterocycles. The Morgan fingerprint density at radius 3 is 3.00 bits per heavy atom. The molecule has 0 aliphatic heterocycles. The lowest BCUT2D eigenvalue weighted by Gasteiger charge is -2.18. The molecule has 0 spiro atoms. The van der Waals surface area contributed by atoms with Crippen molar-refractivity contribution in [1.82, 2.24) is 9.97 Å². The van der Waals surface area contributed by atoms with Gasteiger partial charge in [0.05, 0.1) is 0 Å². The number of nitrogens with one attached hydrogen (secondary N) is 1. The van der Waals surface area contributed by atoms with Gasteiger partial charge in [-0.3, -0.25) is 4.79 Å². The normalized spacial score (nSPS) is 19.1. The third-order valence-electron chi connectivity index (χ3n) is 3.64. The summed E-state index contributed by atoms with van der Waals surface area (Å²) in [4.78, 5) is 18.3. The predicted octanol–water partition coefficient (Wildman–Crippen LogP) is 1.01. The van der Waals surface area contributed by atoms with Crippen molar-refractivity contribution in [3.8, 4) is 0 Å². The Morgan fingerprint density at radius 1 is 1.59 bits per heavy atom. The number of hydrogen-bond acceptors (Lipinski definition) is 3. The summed E-state index contributed by atoms with van der Waals surface area (Å²) in [7, 11) is 0. The summed E-state index contributed by atoms with van der Waals surface area (Å²) >= 11 is 0. The highest BCUT2D eigenvalue weighted by Crippen LogP contribution is 2.52. The van der Waals surface area contributed by atoms with Crippen molar-refractivity contribution in [1.29, 1.82) is 0 Å². The molecular formula is C12H13N3O2. The summed E-state index contributed by atoms with van der Waals surface area (Å²) in [5.74, 6) is -0.944. The predicted molar refractivity (Wildman–Crippen MR) is 62.6 cm³/mol. The van der Waals surface area contributed by atoms with Crippen LogP contribution in [0.2, 0.25) is 0 Å². The Morgan fingerprint density at radius 2 is 2.35 bits per heavy atom. The second-order valence-corrected chi connectivity index (χ2v) is 4.57. The van der Waals surface area contributed by atoms with E-state index in [2.05, 4.69) is 9.97 Å². The molecule has 88 valence electrons. The third kappa shape index (κ3) is 1.36. The lowest BCUT2D eigenvalue weighted by atomic mass is 9.88. The molecule has 0 saturated heterocycles. The van der Waals surface area contributed by atoms with E-state index in [9.17, 15) is 4.79 Å². The third-order valence-corrected chi connectivity index (χ3v) is 3.64. The second kappa shape index (κ2) is 3.30. The quantitative estimate of drug-likeness (QED) is 0.735. The summed E-state index contributed by atoms with van der Waals surface area (Å²) in [6.45, 7) is 0. The summed E-state index contributed by atoms with van der Waals surface area (Å²) in [6, 6.07) is 2.95. The van der Waals surface area contributed by atoms with Gasteiger partial charge < -0.3 is 15.8 Å². The van der Waals surface area contributed by atoms with Gasteiger partial charge in [0.15, 0.2) is 0 Å². The van der Waals surface area contributed by atoms with Gasteiger partial charge in [0.25, 0.3) is 0 Å². The number of pyridine rings is 1. The number of rotatable bonds is 3. The molecule has 0 radical (unpaired) electrons. The Bertz CT molecular complexity index is 586. The SMILES string of the molecule is NC(C(=O)O)C1(c2c[nH]c3ncccc23)CC1. The standard InChI is InChI=1S/C12H13N3O2/c13-9(11(16)17)12(3-4-12)8-6-15-10-7(8)2-1-5-14-10/h1-2,5-6,9H,3-4,13H2,(H,14,15)(H,16,17). The van der Waals surface area contributed by atoms with Crippen LogP contribution < -0.4 is 5.73 Å². The van der Waals surface area contributed by atoms with E-state index >= 15 is 0 Å². The molecule has 0 amide bonds. The highest BCUT2D eigenvalue weighted by molar-refractivity contribution is 5.85. The number of carbonyl (C=O) groups is 1. The molecule has 0 aromatic carbocycles. The second-order valence-electron chi connectivity index (χ2n) is 4.57. The number of nitrogens with two attached hydrogens (primary N) is 1. The summed E-state index contributed by atoms with van der Waals surface area (Å²) < 4.78 is 0. The molecule has 17 heavy (non-hydrogen) atoms. The van der Waals surface area contributed by atoms with E-state index in [1.807, 2.05) is 18.3 Å². The van der Waals surface area contributed by atoms with Crippen molar-refractivity contribution in [2.45, 2.75) is 24.3 Å². The minimum atomic E-state index is -0.944. The zero-order valence-electron chi connectivity index (χ0n) is 9.18. The van der Waals surface area contributed by atoms with Gasteiger partial charge in [0, 0.05) is 23.2 Å². The van der Waals surface area contributed by atoms with E-state index in [4.69, 9.17) is 10.8 Å². The minimum absolute atomic E-state index is 0.410. The number of carboxylic acid groups (broad SMARTS) is 1. The van der Waals surface area contributed by atoms with Crippen LogP contribution in [-0.4, -0.2) is 27.1 Å². The summed E-state index contributed by atoms with van der Waals surface area (Å²) in [5.41, 5.74) is 7.16. The van der Waals surface area contributed by atoms with Crippen molar-refractivity contribution >= 4 is 17.0 Å². The number of nitrogens with zero attached hydrogens (tertiary/aromatic N) is 1. The molecule has 5 heteroatoms. The lowest BCUT2D eigenvalue weighted by Crippen LogP contribution is -2.41. The van der Waals surface area contributed by atoms with Gasteiger partial charge >= 0.3 is 5.97 Å². The van der Waals surface area contributed by atoms with Gasteiger partial charge in [-0.05, 0) is 30.5 Å². The average molecular weight is 231 g/mol. The Kier molecular flexibility index (Phi) is 2.00. The fraction of sp³-hybridized carbons (Fsp3) is 0.333. The van der Waals surface area contributed by atoms with Crippen molar-refractivity contribution in [2.24, 2.45) is 5.73 Å². The first-order valence-electron chi connectivity index (χ1n) is 5.56. The molecule has 3 rings (SSSR count). The number of carboxylic acids is 1. The van der Waals surface area contributed by atoms with Crippen molar-refractivity contribution < 1.29 is 9.90 Å². The molecular weight excluding hydrogens is 218 g/mol. The lowest BCUT2D eigenvalue weighted by molar-refractivity contribution is -0.139. The van der Waals surface area contributed by atoms with Crippen LogP contribution in [0.4, 0.5) is 0 Å². The van der Waals surface area contributed by atoms with Crippen LogP contribution in [0.1, 0.15) is 18.4 Å². The molecule has 0 bridgehead atoms. The number of aromatic nitrogens is 2. The van der Waals surface area contributed by atoms with Gasteiger partial charge in [0.2, 0.25) is 0 Å². The zero-order valence-corrected chi connectivity index (χ0v) is 9.18. The Balaban J connectivity index is 2.13. The van der Waals surface area contributed by atoms with Crippen molar-refractivity contribution in [2.75, 3.05) is 0 Å². The molecule has 1 atom stereocenters. The van der Waals surface area contributed by atoms with Crippen LogP contribution in [-0.2, 0) is 10.2 Å². The maximum Gasteiger partial charge on any atom is 0.321 e. The maximum absolute atomic E-state index is 11.1. The van der Waals surface area contributed by atoms with E-state index in [0.29, 0.717) is 0 Å². The van der Waals surface area contributed by atoms with Crippen LogP contribution >= 0.6 is 0 Å². The van der Waals surface area contributed by atoms with E-state index in [-0.39, 0.29) is 0 Å². The molecule has 1 aliphatic rings. The number of H-pyrrole nitrogens is 1. The fourth-order valence-corrected chi connectivity index (χ4v) is 2.49. The fourth-order valence-electron chi connectivity index (χ4n) is 2.49. The van der Waals surface area contributed by atoms with E-state index in [0.717, 1.165) is 29.4 Å². The van der Waals surface area contributed by atoms with Gasteiger partial charge in [-0.15, -0.1) is 0 Å². The number of fused-ring (bicyclic) bond motifs is 1. The van der Waals surface area contributed by atoms with Crippen molar-refractivity contribution in [3.05, 3.63) is 30.1 Å². The number of aliphatic carboxylic acids is 1. The van der Waals surface area contributed by atoms with E-state index in [1.54, 1.807) is 6.20 Å².